The number of aryl methyl sites for hydroxylation is 1. The summed E-state index contributed by atoms with van der Waals surface area (Å²) in [5, 5.41) is 1.05. The van der Waals surface area contributed by atoms with Crippen molar-refractivity contribution in [2.45, 2.75) is 6.92 Å². The standard InChI is InChI=1S/C12H10ClNO2/c1-7-4-3-5-8-6-9(12(15)16-2)11(13)14-10(7)8/h3-6H,1-2H3. The number of rotatable bonds is 1. The van der Waals surface area contributed by atoms with Gasteiger partial charge in [0.1, 0.15) is 5.15 Å². The number of para-hydroxylation sites is 1. The van der Waals surface area contributed by atoms with Gasteiger partial charge in [0.05, 0.1) is 18.2 Å². The summed E-state index contributed by atoms with van der Waals surface area (Å²) in [6.07, 6.45) is 0. The van der Waals surface area contributed by atoms with Crippen LogP contribution in [0.4, 0.5) is 0 Å². The van der Waals surface area contributed by atoms with Crippen molar-refractivity contribution >= 4 is 28.5 Å². The van der Waals surface area contributed by atoms with Crippen molar-refractivity contribution in [1.82, 2.24) is 4.98 Å². The molecule has 1 aromatic carbocycles. The lowest BCUT2D eigenvalue weighted by molar-refractivity contribution is 0.0600. The number of hydrogen-bond donors (Lipinski definition) is 0. The van der Waals surface area contributed by atoms with Gasteiger partial charge in [-0.1, -0.05) is 29.8 Å². The second kappa shape index (κ2) is 4.10. The van der Waals surface area contributed by atoms with Crippen molar-refractivity contribution in [3.8, 4) is 0 Å². The minimum atomic E-state index is -0.471. The maximum absolute atomic E-state index is 11.4. The van der Waals surface area contributed by atoms with Gasteiger partial charge in [-0.3, -0.25) is 0 Å². The summed E-state index contributed by atoms with van der Waals surface area (Å²) >= 11 is 5.94. The molecule has 0 aliphatic carbocycles. The van der Waals surface area contributed by atoms with Crippen molar-refractivity contribution in [3.63, 3.8) is 0 Å². The first-order valence-electron chi connectivity index (χ1n) is 4.77. The van der Waals surface area contributed by atoms with Crippen molar-refractivity contribution in [2.75, 3.05) is 7.11 Å². The molecule has 0 amide bonds. The number of fused-ring (bicyclic) bond motifs is 1. The van der Waals surface area contributed by atoms with E-state index in [2.05, 4.69) is 9.72 Å². The molecule has 0 spiro atoms. The van der Waals surface area contributed by atoms with E-state index in [-0.39, 0.29) is 5.15 Å². The normalized spacial score (nSPS) is 10.4. The number of ether oxygens (including phenoxy) is 1. The van der Waals surface area contributed by atoms with Gasteiger partial charge in [0, 0.05) is 5.39 Å². The molecule has 2 rings (SSSR count). The van der Waals surface area contributed by atoms with Gasteiger partial charge in [0.15, 0.2) is 0 Å². The lowest BCUT2D eigenvalue weighted by Crippen LogP contribution is -2.03. The third-order valence-electron chi connectivity index (χ3n) is 2.41. The fourth-order valence-electron chi connectivity index (χ4n) is 1.58. The Kier molecular flexibility index (Phi) is 2.79. The molecule has 1 heterocycles. The van der Waals surface area contributed by atoms with E-state index in [9.17, 15) is 4.79 Å². The molecule has 0 bridgehead atoms. The highest BCUT2D eigenvalue weighted by Crippen LogP contribution is 2.23. The van der Waals surface area contributed by atoms with Gasteiger partial charge in [0.2, 0.25) is 0 Å². The SMILES string of the molecule is COC(=O)c1cc2cccc(C)c2nc1Cl. The van der Waals surface area contributed by atoms with Gasteiger partial charge in [0.25, 0.3) is 0 Å². The van der Waals surface area contributed by atoms with Crippen molar-refractivity contribution in [3.05, 3.63) is 40.5 Å². The largest absolute Gasteiger partial charge is 0.465 e. The Morgan fingerprint density at radius 1 is 1.44 bits per heavy atom. The number of methoxy groups -OCH3 is 1. The number of carbonyl (C=O) groups excluding carboxylic acids is 1. The van der Waals surface area contributed by atoms with Crippen molar-refractivity contribution in [2.24, 2.45) is 0 Å². The highest BCUT2D eigenvalue weighted by Gasteiger charge is 2.13. The quantitative estimate of drug-likeness (QED) is 0.564. The summed E-state index contributed by atoms with van der Waals surface area (Å²) in [4.78, 5) is 15.6. The Morgan fingerprint density at radius 3 is 2.88 bits per heavy atom. The number of hydrogen-bond acceptors (Lipinski definition) is 3. The van der Waals surface area contributed by atoms with Gasteiger partial charge in [-0.05, 0) is 18.6 Å². The number of carbonyl (C=O) groups is 1. The molecule has 0 radical (unpaired) electrons. The molecule has 0 N–H and O–H groups in total. The van der Waals surface area contributed by atoms with Crippen molar-refractivity contribution in [1.29, 1.82) is 0 Å². The molecule has 1 aromatic heterocycles. The third-order valence-corrected chi connectivity index (χ3v) is 2.69. The molecule has 16 heavy (non-hydrogen) atoms. The highest BCUT2D eigenvalue weighted by atomic mass is 35.5. The van der Waals surface area contributed by atoms with Crippen LogP contribution in [0.15, 0.2) is 24.3 Å². The molecule has 0 saturated carbocycles. The highest BCUT2D eigenvalue weighted by molar-refractivity contribution is 6.33. The second-order valence-electron chi connectivity index (χ2n) is 3.46. The third kappa shape index (κ3) is 1.74. The average molecular weight is 236 g/mol. The Labute approximate surface area is 98.0 Å². The van der Waals surface area contributed by atoms with E-state index in [0.29, 0.717) is 5.56 Å². The first-order valence-corrected chi connectivity index (χ1v) is 5.15. The van der Waals surface area contributed by atoms with E-state index in [1.54, 1.807) is 6.07 Å². The van der Waals surface area contributed by atoms with Crippen LogP contribution in [0.3, 0.4) is 0 Å². The lowest BCUT2D eigenvalue weighted by Gasteiger charge is -2.05. The molecule has 0 saturated heterocycles. The fourth-order valence-corrected chi connectivity index (χ4v) is 1.79. The van der Waals surface area contributed by atoms with E-state index < -0.39 is 5.97 Å². The van der Waals surface area contributed by atoms with E-state index in [1.807, 2.05) is 25.1 Å². The van der Waals surface area contributed by atoms with Crippen LogP contribution in [0.2, 0.25) is 5.15 Å². The second-order valence-corrected chi connectivity index (χ2v) is 3.82. The summed E-state index contributed by atoms with van der Waals surface area (Å²) in [5.41, 5.74) is 2.12. The van der Waals surface area contributed by atoms with Crippen LogP contribution >= 0.6 is 11.6 Å². The molecular formula is C12H10ClNO2. The topological polar surface area (TPSA) is 39.2 Å². The zero-order chi connectivity index (χ0) is 11.7. The number of esters is 1. The van der Waals surface area contributed by atoms with Crippen LogP contribution < -0.4 is 0 Å². The van der Waals surface area contributed by atoms with E-state index >= 15 is 0 Å². The molecule has 0 fully saturated rings. The first-order chi connectivity index (χ1) is 7.63. The van der Waals surface area contributed by atoms with Crippen LogP contribution in [0.5, 0.6) is 0 Å². The van der Waals surface area contributed by atoms with Gasteiger partial charge >= 0.3 is 5.97 Å². The van der Waals surface area contributed by atoms with E-state index in [4.69, 9.17) is 11.6 Å². The summed E-state index contributed by atoms with van der Waals surface area (Å²) in [7, 11) is 1.32. The van der Waals surface area contributed by atoms with Crippen LogP contribution in [0, 0.1) is 6.92 Å². The summed E-state index contributed by atoms with van der Waals surface area (Å²) in [6.45, 7) is 1.95. The maximum atomic E-state index is 11.4. The van der Waals surface area contributed by atoms with Gasteiger partial charge in [-0.25, -0.2) is 9.78 Å². The number of aromatic nitrogens is 1. The molecule has 0 aliphatic heterocycles. The van der Waals surface area contributed by atoms with Crippen LogP contribution in [-0.2, 0) is 4.74 Å². The molecular weight excluding hydrogens is 226 g/mol. The Balaban J connectivity index is 2.72. The minimum Gasteiger partial charge on any atom is -0.465 e. The summed E-state index contributed by atoms with van der Waals surface area (Å²) < 4.78 is 4.63. The van der Waals surface area contributed by atoms with Crippen molar-refractivity contribution < 1.29 is 9.53 Å². The molecule has 2 aromatic rings. The number of benzene rings is 1. The van der Waals surface area contributed by atoms with Crippen LogP contribution in [0.25, 0.3) is 10.9 Å². The summed E-state index contributed by atoms with van der Waals surface area (Å²) in [6, 6.07) is 7.44. The van der Waals surface area contributed by atoms with Gasteiger partial charge < -0.3 is 4.74 Å². The molecule has 3 nitrogen and oxygen atoms in total. The molecule has 0 atom stereocenters. The predicted molar refractivity (Wildman–Crippen MR) is 62.8 cm³/mol. The average Bonchev–Trinajstić information content (AvgIpc) is 2.29. The fraction of sp³-hybridized carbons (Fsp3) is 0.167. The Morgan fingerprint density at radius 2 is 2.19 bits per heavy atom. The van der Waals surface area contributed by atoms with Crippen LogP contribution in [0.1, 0.15) is 15.9 Å². The van der Waals surface area contributed by atoms with Crippen LogP contribution in [-0.4, -0.2) is 18.1 Å². The first kappa shape index (κ1) is 10.9. The minimum absolute atomic E-state index is 0.175. The van der Waals surface area contributed by atoms with E-state index in [1.165, 1.54) is 7.11 Å². The monoisotopic (exact) mass is 235 g/mol. The smallest absolute Gasteiger partial charge is 0.341 e. The molecule has 0 unspecified atom stereocenters. The number of halogens is 1. The lowest BCUT2D eigenvalue weighted by atomic mass is 10.1. The predicted octanol–water partition coefficient (Wildman–Crippen LogP) is 2.98. The Bertz CT molecular complexity index is 566. The number of nitrogens with zero attached hydrogens (tertiary/aromatic N) is 1. The summed E-state index contributed by atoms with van der Waals surface area (Å²) in [5.74, 6) is -0.471. The van der Waals surface area contributed by atoms with Gasteiger partial charge in [-0.15, -0.1) is 0 Å². The zero-order valence-corrected chi connectivity index (χ0v) is 9.71. The maximum Gasteiger partial charge on any atom is 0.341 e. The molecule has 4 heteroatoms. The Hall–Kier alpha value is -1.61. The van der Waals surface area contributed by atoms with E-state index in [0.717, 1.165) is 16.5 Å². The molecule has 82 valence electrons. The molecule has 0 aliphatic rings. The zero-order valence-electron chi connectivity index (χ0n) is 8.95. The number of pyridine rings is 1. The van der Waals surface area contributed by atoms with Gasteiger partial charge in [-0.2, -0.15) is 0 Å².